The Balaban J connectivity index is 1.87. The standard InChI is InChI=1S/C37H43NO8/c1-5-19-45-37(43)31(25(3)4)23-33(39)32(20-28-17-12-16-27-15-10-11-18-30(27)28)38-36(42)29(21-34(40)44-6-2)22-35(41)46-24-26-13-8-7-9-14-26/h5,7-18,25,29,31-32H,1,6,19-24H2,2-4H3,(H,38,42)/t29-,31+,32+/m1/s1. The van der Waals surface area contributed by atoms with E-state index >= 15 is 0 Å². The Morgan fingerprint density at radius 1 is 0.804 bits per heavy atom. The van der Waals surface area contributed by atoms with E-state index in [0.717, 1.165) is 21.9 Å². The van der Waals surface area contributed by atoms with Crippen LogP contribution >= 0.6 is 0 Å². The van der Waals surface area contributed by atoms with Crippen LogP contribution in [-0.4, -0.2) is 48.9 Å². The van der Waals surface area contributed by atoms with Gasteiger partial charge in [0.05, 0.1) is 37.3 Å². The summed E-state index contributed by atoms with van der Waals surface area (Å²) in [6, 6.07) is 21.4. The number of ether oxygens (including phenoxy) is 3. The molecular weight excluding hydrogens is 586 g/mol. The second kappa shape index (κ2) is 18.2. The second-order valence-electron chi connectivity index (χ2n) is 11.4. The molecule has 3 aromatic carbocycles. The number of amides is 1. The molecule has 3 aromatic rings. The molecule has 3 rings (SSSR count). The molecule has 3 atom stereocenters. The molecule has 0 radical (unpaired) electrons. The van der Waals surface area contributed by atoms with Crippen molar-refractivity contribution in [3.63, 3.8) is 0 Å². The van der Waals surface area contributed by atoms with Crippen LogP contribution in [0.4, 0.5) is 0 Å². The molecule has 0 fully saturated rings. The van der Waals surface area contributed by atoms with Crippen molar-refractivity contribution in [2.75, 3.05) is 13.2 Å². The maximum absolute atomic E-state index is 13.9. The summed E-state index contributed by atoms with van der Waals surface area (Å²) < 4.78 is 15.7. The van der Waals surface area contributed by atoms with E-state index in [1.165, 1.54) is 6.08 Å². The largest absolute Gasteiger partial charge is 0.466 e. The number of hydrogen-bond donors (Lipinski definition) is 1. The van der Waals surface area contributed by atoms with Crippen molar-refractivity contribution in [3.8, 4) is 0 Å². The normalized spacial score (nSPS) is 12.9. The number of fused-ring (bicyclic) bond motifs is 1. The molecule has 0 heterocycles. The molecule has 0 aliphatic carbocycles. The van der Waals surface area contributed by atoms with Gasteiger partial charge in [-0.1, -0.05) is 99.3 Å². The zero-order valence-corrected chi connectivity index (χ0v) is 26.7. The molecule has 0 aliphatic heterocycles. The average Bonchev–Trinajstić information content (AvgIpc) is 3.05. The minimum Gasteiger partial charge on any atom is -0.466 e. The minimum atomic E-state index is -1.15. The predicted octanol–water partition coefficient (Wildman–Crippen LogP) is 5.53. The van der Waals surface area contributed by atoms with Crippen LogP contribution in [-0.2, 0) is 51.2 Å². The quantitative estimate of drug-likeness (QED) is 0.111. The van der Waals surface area contributed by atoms with E-state index in [1.54, 1.807) is 19.1 Å². The maximum atomic E-state index is 13.9. The smallest absolute Gasteiger partial charge is 0.309 e. The third-order valence-electron chi connectivity index (χ3n) is 7.63. The van der Waals surface area contributed by atoms with E-state index < -0.39 is 48.1 Å². The molecule has 0 aliphatic rings. The molecule has 46 heavy (non-hydrogen) atoms. The van der Waals surface area contributed by atoms with Crippen LogP contribution in [0, 0.1) is 17.8 Å². The van der Waals surface area contributed by atoms with Gasteiger partial charge in [0.1, 0.15) is 13.2 Å². The summed E-state index contributed by atoms with van der Waals surface area (Å²) in [5.74, 6) is -5.01. The lowest BCUT2D eigenvalue weighted by Crippen LogP contribution is -2.47. The number of ketones is 1. The summed E-state index contributed by atoms with van der Waals surface area (Å²) >= 11 is 0. The number of rotatable bonds is 18. The third-order valence-corrected chi connectivity index (χ3v) is 7.63. The van der Waals surface area contributed by atoms with E-state index in [2.05, 4.69) is 11.9 Å². The van der Waals surface area contributed by atoms with Gasteiger partial charge < -0.3 is 19.5 Å². The fourth-order valence-electron chi connectivity index (χ4n) is 5.10. The number of esters is 3. The van der Waals surface area contributed by atoms with Gasteiger partial charge >= 0.3 is 17.9 Å². The fourth-order valence-corrected chi connectivity index (χ4v) is 5.10. The zero-order valence-electron chi connectivity index (χ0n) is 26.7. The van der Waals surface area contributed by atoms with E-state index in [1.807, 2.05) is 74.5 Å². The van der Waals surface area contributed by atoms with Crippen LogP contribution in [0.2, 0.25) is 0 Å². The Labute approximate surface area is 270 Å². The molecule has 0 aromatic heterocycles. The molecule has 0 bridgehead atoms. The van der Waals surface area contributed by atoms with Crippen molar-refractivity contribution in [1.29, 1.82) is 0 Å². The first-order valence-corrected chi connectivity index (χ1v) is 15.5. The number of nitrogens with one attached hydrogen (secondary N) is 1. The van der Waals surface area contributed by atoms with E-state index in [-0.39, 0.29) is 50.8 Å². The van der Waals surface area contributed by atoms with Crippen LogP contribution in [0.1, 0.15) is 51.2 Å². The van der Waals surface area contributed by atoms with E-state index in [4.69, 9.17) is 14.2 Å². The van der Waals surface area contributed by atoms with Crippen LogP contribution < -0.4 is 5.32 Å². The molecule has 9 heteroatoms. The van der Waals surface area contributed by atoms with Gasteiger partial charge in [-0.15, -0.1) is 0 Å². The van der Waals surface area contributed by atoms with Crippen molar-refractivity contribution in [2.24, 2.45) is 17.8 Å². The first-order valence-electron chi connectivity index (χ1n) is 15.5. The fraction of sp³-hybridized carbons (Fsp3) is 0.378. The Hall–Kier alpha value is -4.79. The molecule has 0 saturated heterocycles. The van der Waals surface area contributed by atoms with E-state index in [0.29, 0.717) is 0 Å². The Bertz CT molecular complexity index is 1490. The lowest BCUT2D eigenvalue weighted by atomic mass is 9.86. The summed E-state index contributed by atoms with van der Waals surface area (Å²) in [5.41, 5.74) is 1.59. The highest BCUT2D eigenvalue weighted by Gasteiger charge is 2.33. The van der Waals surface area contributed by atoms with Crippen molar-refractivity contribution >= 4 is 40.4 Å². The first-order chi connectivity index (χ1) is 22.1. The van der Waals surface area contributed by atoms with Gasteiger partial charge in [0.2, 0.25) is 5.91 Å². The van der Waals surface area contributed by atoms with Gasteiger partial charge in [-0.25, -0.2) is 0 Å². The monoisotopic (exact) mass is 629 g/mol. The summed E-state index contributed by atoms with van der Waals surface area (Å²) in [6.45, 7) is 8.98. The summed E-state index contributed by atoms with van der Waals surface area (Å²) in [7, 11) is 0. The maximum Gasteiger partial charge on any atom is 0.309 e. The van der Waals surface area contributed by atoms with E-state index in [9.17, 15) is 24.0 Å². The molecule has 0 unspecified atom stereocenters. The number of carbonyl (C=O) groups is 5. The number of carbonyl (C=O) groups excluding carboxylic acids is 5. The second-order valence-corrected chi connectivity index (χ2v) is 11.4. The van der Waals surface area contributed by atoms with Crippen LogP contribution in [0.15, 0.2) is 85.5 Å². The van der Waals surface area contributed by atoms with Crippen molar-refractivity contribution < 1.29 is 38.2 Å². The third kappa shape index (κ3) is 11.0. The zero-order chi connectivity index (χ0) is 33.5. The molecular formula is C37H43NO8. The van der Waals surface area contributed by atoms with Crippen LogP contribution in [0.5, 0.6) is 0 Å². The summed E-state index contributed by atoms with van der Waals surface area (Å²) in [5, 5.41) is 4.69. The van der Waals surface area contributed by atoms with Gasteiger partial charge in [-0.3, -0.25) is 24.0 Å². The molecule has 1 amide bonds. The minimum absolute atomic E-state index is 0.00809. The summed E-state index contributed by atoms with van der Waals surface area (Å²) in [6.07, 6.45) is 0.635. The first kappa shape index (κ1) is 35.7. The topological polar surface area (TPSA) is 125 Å². The Morgan fingerprint density at radius 2 is 1.46 bits per heavy atom. The number of Topliss-reactive ketones (excluding diaryl/α,β-unsaturated/α-hetero) is 1. The molecule has 9 nitrogen and oxygen atoms in total. The van der Waals surface area contributed by atoms with Crippen LogP contribution in [0.25, 0.3) is 10.8 Å². The van der Waals surface area contributed by atoms with Gasteiger partial charge in [-0.2, -0.15) is 0 Å². The molecule has 0 saturated carbocycles. The number of benzene rings is 3. The van der Waals surface area contributed by atoms with Crippen molar-refractivity contribution in [3.05, 3.63) is 96.6 Å². The van der Waals surface area contributed by atoms with Gasteiger partial charge in [-0.05, 0) is 34.7 Å². The van der Waals surface area contributed by atoms with Gasteiger partial charge in [0.15, 0.2) is 5.78 Å². The van der Waals surface area contributed by atoms with Crippen molar-refractivity contribution in [2.45, 2.75) is 59.1 Å². The molecule has 1 N–H and O–H groups in total. The van der Waals surface area contributed by atoms with Gasteiger partial charge in [0, 0.05) is 12.8 Å². The Kier molecular flexibility index (Phi) is 14.2. The van der Waals surface area contributed by atoms with Crippen LogP contribution in [0.3, 0.4) is 0 Å². The van der Waals surface area contributed by atoms with Gasteiger partial charge in [0.25, 0.3) is 0 Å². The summed E-state index contributed by atoms with van der Waals surface area (Å²) in [4.78, 5) is 65.8. The highest BCUT2D eigenvalue weighted by molar-refractivity contribution is 5.95. The van der Waals surface area contributed by atoms with Crippen molar-refractivity contribution in [1.82, 2.24) is 5.32 Å². The lowest BCUT2D eigenvalue weighted by molar-refractivity contribution is -0.152. The highest BCUT2D eigenvalue weighted by atomic mass is 16.5. The average molecular weight is 630 g/mol. The lowest BCUT2D eigenvalue weighted by Gasteiger charge is -2.25. The predicted molar refractivity (Wildman–Crippen MR) is 174 cm³/mol. The Morgan fingerprint density at radius 3 is 2.13 bits per heavy atom. The number of hydrogen-bond acceptors (Lipinski definition) is 8. The highest BCUT2D eigenvalue weighted by Crippen LogP contribution is 2.24. The molecule has 0 spiro atoms. The molecule has 244 valence electrons. The SMILES string of the molecule is C=CCOC(=O)[C@@H](CC(=O)[C@H](Cc1cccc2ccccc12)NC(=O)[C@H](CC(=O)OCC)CC(=O)OCc1ccccc1)C(C)C.